The van der Waals surface area contributed by atoms with Crippen molar-refractivity contribution in [1.29, 1.82) is 0 Å². The molecule has 4 rings (SSSR count). The smallest absolute Gasteiger partial charge is 0.217 e. The zero-order valence-corrected chi connectivity index (χ0v) is 17.2. The molecule has 0 saturated heterocycles. The first-order valence-corrected chi connectivity index (χ1v) is 10.5. The molecule has 1 fully saturated rings. The van der Waals surface area contributed by atoms with Crippen molar-refractivity contribution in [2.75, 3.05) is 13.2 Å². The van der Waals surface area contributed by atoms with E-state index < -0.39 is 6.10 Å². The number of carbonyl (C=O) groups excluding carboxylic acids is 1. The highest BCUT2D eigenvalue weighted by atomic mass is 16.5. The quantitative estimate of drug-likeness (QED) is 0.751. The van der Waals surface area contributed by atoms with Crippen LogP contribution in [0.25, 0.3) is 0 Å². The Kier molecular flexibility index (Phi) is 5.88. The molecule has 1 amide bonds. The van der Waals surface area contributed by atoms with Crippen LogP contribution in [0.5, 0.6) is 5.75 Å². The number of amides is 1. The minimum absolute atomic E-state index is 0.00145. The van der Waals surface area contributed by atoms with Crippen LogP contribution in [0.1, 0.15) is 61.1 Å². The summed E-state index contributed by atoms with van der Waals surface area (Å²) in [5, 5.41) is 13.6. The van der Waals surface area contributed by atoms with E-state index in [2.05, 4.69) is 40.5 Å². The molecule has 0 spiro atoms. The minimum Gasteiger partial charge on any atom is -0.493 e. The zero-order valence-electron chi connectivity index (χ0n) is 17.2. The third-order valence-electron chi connectivity index (χ3n) is 5.79. The van der Waals surface area contributed by atoms with E-state index in [1.807, 2.05) is 19.1 Å². The van der Waals surface area contributed by atoms with Gasteiger partial charge in [-0.25, -0.2) is 0 Å². The molecule has 2 aliphatic rings. The Morgan fingerprint density at radius 1 is 1.24 bits per heavy atom. The van der Waals surface area contributed by atoms with Gasteiger partial charge in [-0.3, -0.25) is 9.69 Å². The van der Waals surface area contributed by atoms with Crippen molar-refractivity contribution in [3.05, 3.63) is 64.7 Å². The second-order valence-corrected chi connectivity index (χ2v) is 8.46. The summed E-state index contributed by atoms with van der Waals surface area (Å²) in [6.07, 6.45) is 2.05. The minimum atomic E-state index is -0.498. The topological polar surface area (TPSA) is 61.8 Å². The molecule has 5 heteroatoms. The molecule has 1 aliphatic heterocycles. The summed E-state index contributed by atoms with van der Waals surface area (Å²) in [7, 11) is 0. The van der Waals surface area contributed by atoms with Gasteiger partial charge in [0.1, 0.15) is 5.75 Å². The fourth-order valence-electron chi connectivity index (χ4n) is 3.94. The molecule has 154 valence electrons. The van der Waals surface area contributed by atoms with Gasteiger partial charge in [0, 0.05) is 26.6 Å². The van der Waals surface area contributed by atoms with Crippen LogP contribution in [0.3, 0.4) is 0 Å². The van der Waals surface area contributed by atoms with Gasteiger partial charge in [0.15, 0.2) is 0 Å². The predicted molar refractivity (Wildman–Crippen MR) is 112 cm³/mol. The van der Waals surface area contributed by atoms with E-state index in [9.17, 15) is 9.90 Å². The number of nitrogens with one attached hydrogen (secondary N) is 1. The molecule has 5 nitrogen and oxygen atoms in total. The number of fused-ring (bicyclic) bond motifs is 1. The normalized spacial score (nSPS) is 20.0. The molecule has 2 aromatic carbocycles. The fourth-order valence-corrected chi connectivity index (χ4v) is 3.94. The first kappa shape index (κ1) is 19.9. The van der Waals surface area contributed by atoms with Crippen LogP contribution in [-0.2, 0) is 17.9 Å². The molecule has 1 saturated carbocycles. The number of rotatable bonds is 7. The highest BCUT2D eigenvalue weighted by Crippen LogP contribution is 2.33. The van der Waals surface area contributed by atoms with E-state index in [0.717, 1.165) is 42.5 Å². The molecule has 0 radical (unpaired) electrons. The number of benzene rings is 2. The molecule has 0 aromatic heterocycles. The molecule has 2 N–H and O–H groups in total. The second-order valence-electron chi connectivity index (χ2n) is 8.46. The van der Waals surface area contributed by atoms with E-state index in [0.29, 0.717) is 6.54 Å². The number of ether oxygens (including phenoxy) is 1. The monoisotopic (exact) mass is 394 g/mol. The molecule has 1 aliphatic carbocycles. The molecule has 1 heterocycles. The van der Waals surface area contributed by atoms with Crippen molar-refractivity contribution in [2.24, 2.45) is 5.92 Å². The summed E-state index contributed by atoms with van der Waals surface area (Å²) in [6, 6.07) is 14.5. The standard InChI is InChI=1S/C24H30N2O3/c1-16(25-17(2)27)20-7-5-18(6-8-20)12-26-13-21-9-10-22(29-15-19-3-4-19)11-23(21)24(28)14-26/h5-11,16,19,24,28H,3-4,12-15H2,1-2H3,(H,25,27)/t16-,24?/m0/s1. The van der Waals surface area contributed by atoms with Crippen LogP contribution < -0.4 is 10.1 Å². The second kappa shape index (κ2) is 8.56. The van der Waals surface area contributed by atoms with Gasteiger partial charge in [0.05, 0.1) is 18.8 Å². The predicted octanol–water partition coefficient (Wildman–Crippen LogP) is 3.72. The molecule has 2 aromatic rings. The van der Waals surface area contributed by atoms with Gasteiger partial charge in [-0.05, 0) is 60.1 Å². The van der Waals surface area contributed by atoms with Crippen LogP contribution in [-0.4, -0.2) is 29.1 Å². The first-order chi connectivity index (χ1) is 14.0. The van der Waals surface area contributed by atoms with Crippen molar-refractivity contribution >= 4 is 5.91 Å². The van der Waals surface area contributed by atoms with E-state index >= 15 is 0 Å². The lowest BCUT2D eigenvalue weighted by Gasteiger charge is -2.32. The fraction of sp³-hybridized carbons (Fsp3) is 0.458. The average Bonchev–Trinajstić information content (AvgIpc) is 3.51. The number of nitrogens with zero attached hydrogens (tertiary/aromatic N) is 1. The first-order valence-electron chi connectivity index (χ1n) is 10.5. The van der Waals surface area contributed by atoms with E-state index in [1.165, 1.54) is 30.9 Å². The number of hydrogen-bond donors (Lipinski definition) is 2. The number of carbonyl (C=O) groups is 1. The van der Waals surface area contributed by atoms with Crippen LogP contribution in [0.4, 0.5) is 0 Å². The summed E-state index contributed by atoms with van der Waals surface area (Å²) in [4.78, 5) is 13.5. The number of β-amino-alcohol motifs (C(OH)–C–C–N with tert-alkyl or cyclic N) is 1. The summed E-state index contributed by atoms with van der Waals surface area (Å²) >= 11 is 0. The third-order valence-corrected chi connectivity index (χ3v) is 5.79. The van der Waals surface area contributed by atoms with Gasteiger partial charge in [-0.1, -0.05) is 30.3 Å². The molecule has 1 unspecified atom stereocenters. The van der Waals surface area contributed by atoms with Crippen LogP contribution in [0.2, 0.25) is 0 Å². The average molecular weight is 395 g/mol. The van der Waals surface area contributed by atoms with Gasteiger partial charge in [-0.2, -0.15) is 0 Å². The SMILES string of the molecule is CC(=O)N[C@@H](C)c1ccc(CN2Cc3ccc(OCC4CC4)cc3C(O)C2)cc1. The van der Waals surface area contributed by atoms with E-state index in [4.69, 9.17) is 4.74 Å². The number of hydrogen-bond acceptors (Lipinski definition) is 4. The van der Waals surface area contributed by atoms with Crippen molar-refractivity contribution < 1.29 is 14.6 Å². The van der Waals surface area contributed by atoms with Gasteiger partial charge in [0.2, 0.25) is 5.91 Å². The molecule has 29 heavy (non-hydrogen) atoms. The van der Waals surface area contributed by atoms with Gasteiger partial charge < -0.3 is 15.2 Å². The summed E-state index contributed by atoms with van der Waals surface area (Å²) in [6.45, 7) is 6.52. The van der Waals surface area contributed by atoms with Gasteiger partial charge in [-0.15, -0.1) is 0 Å². The highest BCUT2D eigenvalue weighted by Gasteiger charge is 2.25. The summed E-state index contributed by atoms with van der Waals surface area (Å²) in [5.74, 6) is 1.56. The highest BCUT2D eigenvalue weighted by molar-refractivity contribution is 5.73. The largest absolute Gasteiger partial charge is 0.493 e. The van der Waals surface area contributed by atoms with E-state index in [-0.39, 0.29) is 11.9 Å². The number of aliphatic hydroxyl groups excluding tert-OH is 1. The Labute approximate surface area is 172 Å². The van der Waals surface area contributed by atoms with Gasteiger partial charge in [0.25, 0.3) is 0 Å². The van der Waals surface area contributed by atoms with Crippen molar-refractivity contribution in [1.82, 2.24) is 10.2 Å². The third kappa shape index (κ3) is 5.17. The summed E-state index contributed by atoms with van der Waals surface area (Å²) in [5.41, 5.74) is 4.45. The lowest BCUT2D eigenvalue weighted by molar-refractivity contribution is -0.119. The van der Waals surface area contributed by atoms with Crippen LogP contribution in [0, 0.1) is 5.92 Å². The number of aliphatic hydroxyl groups is 1. The molecular formula is C24H30N2O3. The summed E-state index contributed by atoms with van der Waals surface area (Å²) < 4.78 is 5.87. The maximum absolute atomic E-state index is 11.2. The Bertz CT molecular complexity index is 861. The molecule has 0 bridgehead atoms. The molecule has 2 atom stereocenters. The lowest BCUT2D eigenvalue weighted by atomic mass is 9.96. The van der Waals surface area contributed by atoms with E-state index in [1.54, 1.807) is 0 Å². The Morgan fingerprint density at radius 3 is 2.69 bits per heavy atom. The Hall–Kier alpha value is -2.37. The van der Waals surface area contributed by atoms with Crippen molar-refractivity contribution in [2.45, 2.75) is 51.9 Å². The lowest BCUT2D eigenvalue weighted by Crippen LogP contribution is -2.33. The Morgan fingerprint density at radius 2 is 2.00 bits per heavy atom. The molecular weight excluding hydrogens is 364 g/mol. The zero-order chi connectivity index (χ0) is 20.4. The van der Waals surface area contributed by atoms with Gasteiger partial charge >= 0.3 is 0 Å². The van der Waals surface area contributed by atoms with Crippen molar-refractivity contribution in [3.63, 3.8) is 0 Å². The van der Waals surface area contributed by atoms with Crippen LogP contribution in [0.15, 0.2) is 42.5 Å². The Balaban J connectivity index is 1.37. The van der Waals surface area contributed by atoms with Crippen LogP contribution >= 0.6 is 0 Å². The maximum atomic E-state index is 11.2. The maximum Gasteiger partial charge on any atom is 0.217 e. The van der Waals surface area contributed by atoms with Crippen molar-refractivity contribution in [3.8, 4) is 5.75 Å².